The molecule has 6 rings (SSSR count). The topological polar surface area (TPSA) is 37.8 Å². The number of aromatic nitrogens is 2. The fourth-order valence-electron chi connectivity index (χ4n) is 4.08. The van der Waals surface area contributed by atoms with Gasteiger partial charge >= 0.3 is 0 Å². The Morgan fingerprint density at radius 3 is 2.41 bits per heavy atom. The Kier molecular flexibility index (Phi) is 5.21. The van der Waals surface area contributed by atoms with Gasteiger partial charge in [-0.15, -0.1) is 11.3 Å². The Bertz CT molecular complexity index is 1660. The van der Waals surface area contributed by atoms with E-state index in [9.17, 15) is 0 Å². The van der Waals surface area contributed by atoms with E-state index >= 15 is 4.39 Å². The van der Waals surface area contributed by atoms with E-state index in [0.717, 1.165) is 49.2 Å². The van der Waals surface area contributed by atoms with Crippen molar-refractivity contribution in [2.75, 3.05) is 5.32 Å². The normalized spacial score (nSPS) is 11.2. The van der Waals surface area contributed by atoms with Gasteiger partial charge in [-0.1, -0.05) is 41.9 Å². The van der Waals surface area contributed by atoms with Crippen molar-refractivity contribution in [3.63, 3.8) is 0 Å². The second-order valence-electron chi connectivity index (χ2n) is 7.95. The van der Waals surface area contributed by atoms with E-state index in [-0.39, 0.29) is 5.82 Å². The predicted octanol–water partition coefficient (Wildman–Crippen LogP) is 8.71. The molecule has 0 radical (unpaired) electrons. The number of nitrogens with one attached hydrogen (secondary N) is 1. The maximum atomic E-state index is 15.2. The Morgan fingerprint density at radius 1 is 0.735 bits per heavy atom. The first-order valence-corrected chi connectivity index (χ1v) is 11.9. The molecule has 2 heterocycles. The third-order valence-electron chi connectivity index (χ3n) is 5.81. The average molecular weight is 482 g/mol. The Morgan fingerprint density at radius 2 is 1.56 bits per heavy atom. The minimum absolute atomic E-state index is 0.279. The Hall–Kier alpha value is -3.80. The summed E-state index contributed by atoms with van der Waals surface area (Å²) < 4.78 is 16.3. The van der Waals surface area contributed by atoms with Crippen molar-refractivity contribution in [3.8, 4) is 22.3 Å². The minimum atomic E-state index is -0.279. The molecule has 0 atom stereocenters. The van der Waals surface area contributed by atoms with E-state index in [0.29, 0.717) is 10.6 Å². The van der Waals surface area contributed by atoms with Gasteiger partial charge in [0, 0.05) is 33.5 Å². The molecule has 1 N–H and O–H groups in total. The van der Waals surface area contributed by atoms with Crippen molar-refractivity contribution in [2.24, 2.45) is 0 Å². The summed E-state index contributed by atoms with van der Waals surface area (Å²) in [5.74, 6) is -0.279. The van der Waals surface area contributed by atoms with E-state index in [4.69, 9.17) is 11.6 Å². The van der Waals surface area contributed by atoms with Gasteiger partial charge in [-0.2, -0.15) is 0 Å². The second kappa shape index (κ2) is 8.52. The lowest BCUT2D eigenvalue weighted by Crippen LogP contribution is -1.94. The van der Waals surface area contributed by atoms with Gasteiger partial charge in [-0.05, 0) is 71.3 Å². The van der Waals surface area contributed by atoms with Crippen LogP contribution >= 0.6 is 22.9 Å². The number of pyridine rings is 1. The van der Waals surface area contributed by atoms with Crippen LogP contribution < -0.4 is 5.32 Å². The van der Waals surface area contributed by atoms with Crippen LogP contribution in [-0.2, 0) is 0 Å². The zero-order valence-corrected chi connectivity index (χ0v) is 19.4. The first-order valence-electron chi connectivity index (χ1n) is 10.7. The molecule has 2 aromatic heterocycles. The van der Waals surface area contributed by atoms with Crippen molar-refractivity contribution in [2.45, 2.75) is 0 Å². The lowest BCUT2D eigenvalue weighted by molar-refractivity contribution is 0.632. The fourth-order valence-corrected chi connectivity index (χ4v) is 4.87. The first-order chi connectivity index (χ1) is 16.6. The van der Waals surface area contributed by atoms with Crippen LogP contribution in [-0.4, -0.2) is 9.97 Å². The summed E-state index contributed by atoms with van der Waals surface area (Å²) in [5.41, 5.74) is 8.53. The molecule has 0 spiro atoms. The van der Waals surface area contributed by atoms with Crippen LogP contribution in [0.25, 0.3) is 43.4 Å². The van der Waals surface area contributed by atoms with Crippen LogP contribution in [0, 0.1) is 5.82 Å². The molecule has 6 heteroatoms. The molecule has 4 aromatic carbocycles. The molecular formula is C28H17ClFN3S. The number of fused-ring (bicyclic) bond motifs is 2. The maximum Gasteiger partial charge on any atom is 0.131 e. The third kappa shape index (κ3) is 3.89. The third-order valence-corrected chi connectivity index (χ3v) is 6.87. The van der Waals surface area contributed by atoms with Crippen LogP contribution in [0.15, 0.2) is 96.6 Å². The summed E-state index contributed by atoms with van der Waals surface area (Å²) >= 11 is 7.60. The van der Waals surface area contributed by atoms with Crippen molar-refractivity contribution < 1.29 is 4.39 Å². The van der Waals surface area contributed by atoms with E-state index in [2.05, 4.69) is 21.4 Å². The summed E-state index contributed by atoms with van der Waals surface area (Å²) in [6, 6.07) is 26.5. The summed E-state index contributed by atoms with van der Waals surface area (Å²) in [5, 5.41) is 5.05. The molecule has 0 amide bonds. The van der Waals surface area contributed by atoms with Gasteiger partial charge in [-0.3, -0.25) is 4.98 Å². The molecule has 3 nitrogen and oxygen atoms in total. The van der Waals surface area contributed by atoms with Crippen molar-refractivity contribution in [1.29, 1.82) is 0 Å². The van der Waals surface area contributed by atoms with Gasteiger partial charge in [0.05, 0.1) is 21.2 Å². The molecule has 0 bridgehead atoms. The lowest BCUT2D eigenvalue weighted by atomic mass is 9.98. The van der Waals surface area contributed by atoms with E-state index in [1.807, 2.05) is 66.2 Å². The van der Waals surface area contributed by atoms with Crippen LogP contribution in [0.3, 0.4) is 0 Å². The van der Waals surface area contributed by atoms with Crippen LogP contribution in [0.1, 0.15) is 0 Å². The highest BCUT2D eigenvalue weighted by molar-refractivity contribution is 7.16. The first kappa shape index (κ1) is 20.8. The summed E-state index contributed by atoms with van der Waals surface area (Å²) in [6.45, 7) is 0. The molecule has 0 aliphatic rings. The van der Waals surface area contributed by atoms with Gasteiger partial charge in [-0.25, -0.2) is 9.37 Å². The van der Waals surface area contributed by atoms with E-state index in [1.54, 1.807) is 35.7 Å². The average Bonchev–Trinajstić information content (AvgIpc) is 3.32. The lowest BCUT2D eigenvalue weighted by Gasteiger charge is -2.12. The second-order valence-corrected chi connectivity index (χ2v) is 9.27. The smallest absolute Gasteiger partial charge is 0.131 e. The standard InChI is InChI=1S/C28H17ClFN3S/c29-20-5-1-17(2-6-20)18-3-8-22(24(30)14-18)19-4-9-25-23(13-19)26(11-12-31-25)33-21-7-10-28-27(15-21)32-16-34-28/h1-16H,(H,31,33). The molecule has 0 fully saturated rings. The zero-order valence-electron chi connectivity index (χ0n) is 17.8. The van der Waals surface area contributed by atoms with Crippen LogP contribution in [0.5, 0.6) is 0 Å². The fraction of sp³-hybridized carbons (Fsp3) is 0. The van der Waals surface area contributed by atoms with E-state index < -0.39 is 0 Å². The van der Waals surface area contributed by atoms with E-state index in [1.165, 1.54) is 0 Å². The molecule has 0 aliphatic carbocycles. The minimum Gasteiger partial charge on any atom is -0.355 e. The molecule has 0 saturated carbocycles. The van der Waals surface area contributed by atoms with Crippen LogP contribution in [0.4, 0.5) is 15.8 Å². The number of hydrogen-bond donors (Lipinski definition) is 1. The van der Waals surface area contributed by atoms with Gasteiger partial charge in [0.25, 0.3) is 0 Å². The number of nitrogens with zero attached hydrogens (tertiary/aromatic N) is 2. The molecule has 164 valence electrons. The van der Waals surface area contributed by atoms with Gasteiger partial charge in [0.1, 0.15) is 5.82 Å². The molecule has 0 aliphatic heterocycles. The number of thiazole rings is 1. The molecule has 6 aromatic rings. The molecule has 0 saturated heterocycles. The number of halogens is 2. The quantitative estimate of drug-likeness (QED) is 0.273. The van der Waals surface area contributed by atoms with Gasteiger partial charge in [0.2, 0.25) is 0 Å². The van der Waals surface area contributed by atoms with Gasteiger partial charge < -0.3 is 5.32 Å². The highest BCUT2D eigenvalue weighted by Gasteiger charge is 2.11. The largest absolute Gasteiger partial charge is 0.355 e. The maximum absolute atomic E-state index is 15.2. The number of anilines is 2. The highest BCUT2D eigenvalue weighted by atomic mass is 35.5. The summed E-state index contributed by atoms with van der Waals surface area (Å²) in [6.07, 6.45) is 1.77. The molecule has 34 heavy (non-hydrogen) atoms. The van der Waals surface area contributed by atoms with Gasteiger partial charge in [0.15, 0.2) is 0 Å². The number of hydrogen-bond acceptors (Lipinski definition) is 4. The summed E-state index contributed by atoms with van der Waals surface area (Å²) in [4.78, 5) is 8.89. The predicted molar refractivity (Wildman–Crippen MR) is 140 cm³/mol. The number of rotatable bonds is 4. The number of benzene rings is 4. The SMILES string of the molecule is Fc1cc(-c2ccc(Cl)cc2)ccc1-c1ccc2nccc(Nc3ccc4scnc4c3)c2c1. The highest BCUT2D eigenvalue weighted by Crippen LogP contribution is 2.33. The molecular weight excluding hydrogens is 465 g/mol. The monoisotopic (exact) mass is 481 g/mol. The van der Waals surface area contributed by atoms with Crippen molar-refractivity contribution in [3.05, 3.63) is 107 Å². The van der Waals surface area contributed by atoms with Crippen molar-refractivity contribution >= 4 is 55.4 Å². The van der Waals surface area contributed by atoms with Crippen LogP contribution in [0.2, 0.25) is 5.02 Å². The van der Waals surface area contributed by atoms with Crippen molar-refractivity contribution in [1.82, 2.24) is 9.97 Å². The zero-order chi connectivity index (χ0) is 23.1. The summed E-state index contributed by atoms with van der Waals surface area (Å²) in [7, 11) is 0. The Labute approximate surface area is 204 Å². The Balaban J connectivity index is 1.38. The molecule has 0 unspecified atom stereocenters.